The molecule has 9 heteroatoms. The largest absolute Gasteiger partial charge is 0.394 e. The molecule has 478 valence electrons. The van der Waals surface area contributed by atoms with Gasteiger partial charge in [0.2, 0.25) is 5.91 Å². The number of nitrogens with one attached hydrogen (secondary N) is 1. The maximum atomic E-state index is 13.1. The molecular formula is C71H141NO8. The predicted octanol–water partition coefficient (Wildman–Crippen LogP) is 19.7. The van der Waals surface area contributed by atoms with E-state index in [1.165, 1.54) is 327 Å². The zero-order valence-corrected chi connectivity index (χ0v) is 53.6. The van der Waals surface area contributed by atoms with Crippen LogP contribution in [-0.2, 0) is 14.3 Å². The maximum Gasteiger partial charge on any atom is 0.220 e. The monoisotopic (exact) mass is 1140 g/mol. The van der Waals surface area contributed by atoms with Crippen molar-refractivity contribution in [2.45, 2.75) is 436 Å². The van der Waals surface area contributed by atoms with Crippen molar-refractivity contribution in [2.75, 3.05) is 13.2 Å². The van der Waals surface area contributed by atoms with E-state index in [-0.39, 0.29) is 12.5 Å². The summed E-state index contributed by atoms with van der Waals surface area (Å²) in [6.07, 6.45) is 70.6. The van der Waals surface area contributed by atoms with E-state index in [2.05, 4.69) is 19.2 Å². The summed E-state index contributed by atoms with van der Waals surface area (Å²) < 4.78 is 11.4. The third kappa shape index (κ3) is 49.5. The first kappa shape index (κ1) is 77.2. The van der Waals surface area contributed by atoms with E-state index in [4.69, 9.17) is 9.47 Å². The minimum atomic E-state index is -1.55. The van der Waals surface area contributed by atoms with Crippen LogP contribution in [0.25, 0.3) is 0 Å². The molecule has 1 aliphatic rings. The Morgan fingerprint density at radius 2 is 0.625 bits per heavy atom. The van der Waals surface area contributed by atoms with Crippen LogP contribution in [0.4, 0.5) is 0 Å². The standard InChI is InChI=1S/C71H141NO8/c1-3-5-7-9-11-13-15-17-19-21-22-23-24-25-26-27-28-29-30-31-32-33-34-35-36-37-38-39-40-41-42-43-45-47-49-51-53-55-57-59-61-67(75)72-64(63-79-71-70(78)69(77)68(76)66(62-73)80-71)65(74)60-58-56-54-52-50-48-46-44-20-18-16-14-12-10-8-6-4-2/h64-66,68-71,73-74,76-78H,3-63H2,1-2H3,(H,72,75). The lowest BCUT2D eigenvalue weighted by Crippen LogP contribution is -2.60. The van der Waals surface area contributed by atoms with Crippen molar-refractivity contribution in [3.05, 3.63) is 0 Å². The van der Waals surface area contributed by atoms with Gasteiger partial charge in [-0.05, 0) is 12.8 Å². The van der Waals surface area contributed by atoms with Gasteiger partial charge in [-0.25, -0.2) is 0 Å². The Balaban J connectivity index is 2.00. The van der Waals surface area contributed by atoms with E-state index >= 15 is 0 Å². The van der Waals surface area contributed by atoms with E-state index in [1.807, 2.05) is 0 Å². The van der Waals surface area contributed by atoms with E-state index in [0.717, 1.165) is 38.5 Å². The first-order valence-electron chi connectivity index (χ1n) is 36.2. The van der Waals surface area contributed by atoms with Crippen molar-refractivity contribution < 1.29 is 39.8 Å². The van der Waals surface area contributed by atoms with Crippen LogP contribution in [0, 0.1) is 0 Å². The fourth-order valence-corrected chi connectivity index (χ4v) is 12.3. The average Bonchev–Trinajstić information content (AvgIpc) is 3.46. The summed E-state index contributed by atoms with van der Waals surface area (Å²) in [4.78, 5) is 13.1. The minimum Gasteiger partial charge on any atom is -0.394 e. The SMILES string of the molecule is CCCCCCCCCCCCCCCCCCCCCCCCCCCCCCCCCCCCCCCCCCC(=O)NC(COC1OC(CO)C(O)C(O)C1O)C(O)CCCCCCCCCCCCCCCCCCC. The highest BCUT2D eigenvalue weighted by atomic mass is 16.7. The first-order valence-corrected chi connectivity index (χ1v) is 36.2. The van der Waals surface area contributed by atoms with Crippen LogP contribution in [0.15, 0.2) is 0 Å². The normalized spacial score (nSPS) is 18.3. The molecule has 1 saturated heterocycles. The predicted molar refractivity (Wildman–Crippen MR) is 341 cm³/mol. The van der Waals surface area contributed by atoms with Gasteiger partial charge in [-0.2, -0.15) is 0 Å². The second kappa shape index (κ2) is 61.3. The summed E-state index contributed by atoms with van der Waals surface area (Å²) in [6, 6.07) is -0.714. The number of hydrogen-bond donors (Lipinski definition) is 6. The molecule has 6 N–H and O–H groups in total. The highest BCUT2D eigenvalue weighted by molar-refractivity contribution is 5.76. The molecule has 1 amide bonds. The lowest BCUT2D eigenvalue weighted by atomic mass is 9.99. The Labute approximate surface area is 497 Å². The summed E-state index contributed by atoms with van der Waals surface area (Å²) in [6.45, 7) is 3.90. The molecule has 0 saturated carbocycles. The van der Waals surface area contributed by atoms with Gasteiger partial charge >= 0.3 is 0 Å². The van der Waals surface area contributed by atoms with Gasteiger partial charge in [0.1, 0.15) is 24.4 Å². The van der Waals surface area contributed by atoms with E-state index in [1.54, 1.807) is 0 Å². The second-order valence-corrected chi connectivity index (χ2v) is 25.8. The van der Waals surface area contributed by atoms with Crippen LogP contribution in [-0.4, -0.2) is 87.5 Å². The molecule has 7 unspecified atom stereocenters. The van der Waals surface area contributed by atoms with E-state index < -0.39 is 49.5 Å². The lowest BCUT2D eigenvalue weighted by molar-refractivity contribution is -0.302. The second-order valence-electron chi connectivity index (χ2n) is 25.8. The van der Waals surface area contributed by atoms with Crippen LogP contribution in [0.3, 0.4) is 0 Å². The van der Waals surface area contributed by atoms with Gasteiger partial charge in [-0.15, -0.1) is 0 Å². The third-order valence-electron chi connectivity index (χ3n) is 18.0. The van der Waals surface area contributed by atoms with Gasteiger partial charge in [-0.1, -0.05) is 373 Å². The van der Waals surface area contributed by atoms with Gasteiger partial charge in [0, 0.05) is 6.42 Å². The minimum absolute atomic E-state index is 0.131. The number of rotatable bonds is 65. The lowest BCUT2D eigenvalue weighted by Gasteiger charge is -2.40. The molecule has 9 nitrogen and oxygen atoms in total. The van der Waals surface area contributed by atoms with Gasteiger partial charge in [0.15, 0.2) is 6.29 Å². The van der Waals surface area contributed by atoms with Gasteiger partial charge in [0.25, 0.3) is 0 Å². The van der Waals surface area contributed by atoms with E-state index in [9.17, 15) is 30.3 Å². The Morgan fingerprint density at radius 1 is 0.375 bits per heavy atom. The molecule has 0 aromatic heterocycles. The number of aliphatic hydroxyl groups is 5. The number of unbranched alkanes of at least 4 members (excludes halogenated alkanes) is 55. The quantitative estimate of drug-likeness (QED) is 0.0330. The fourth-order valence-electron chi connectivity index (χ4n) is 12.3. The summed E-state index contributed by atoms with van der Waals surface area (Å²) in [5.41, 5.74) is 0. The molecular weight excluding hydrogens is 995 g/mol. The zero-order chi connectivity index (χ0) is 57.9. The Kier molecular flexibility index (Phi) is 59.1. The molecule has 1 fully saturated rings. The van der Waals surface area contributed by atoms with Gasteiger partial charge < -0.3 is 40.3 Å². The van der Waals surface area contributed by atoms with Crippen molar-refractivity contribution in [1.82, 2.24) is 5.32 Å². The molecule has 7 atom stereocenters. The molecule has 1 heterocycles. The van der Waals surface area contributed by atoms with Crippen LogP contribution < -0.4 is 5.32 Å². The Hall–Kier alpha value is -0.810. The summed E-state index contributed by atoms with van der Waals surface area (Å²) in [5, 5.41) is 54.8. The van der Waals surface area contributed by atoms with Gasteiger partial charge in [0.05, 0.1) is 25.4 Å². The molecule has 80 heavy (non-hydrogen) atoms. The number of hydrogen-bond acceptors (Lipinski definition) is 8. The highest BCUT2D eigenvalue weighted by Crippen LogP contribution is 2.24. The van der Waals surface area contributed by atoms with Crippen LogP contribution in [0.5, 0.6) is 0 Å². The molecule has 1 aliphatic heterocycles. The van der Waals surface area contributed by atoms with E-state index in [0.29, 0.717) is 12.8 Å². The molecule has 0 aromatic rings. The van der Waals surface area contributed by atoms with Crippen molar-refractivity contribution in [1.29, 1.82) is 0 Å². The van der Waals surface area contributed by atoms with Crippen molar-refractivity contribution in [3.8, 4) is 0 Å². The number of aliphatic hydroxyl groups excluding tert-OH is 5. The molecule has 0 radical (unpaired) electrons. The summed E-state index contributed by atoms with van der Waals surface area (Å²) >= 11 is 0. The molecule has 1 rings (SSSR count). The van der Waals surface area contributed by atoms with Crippen LogP contribution >= 0.6 is 0 Å². The van der Waals surface area contributed by atoms with Crippen molar-refractivity contribution in [3.63, 3.8) is 0 Å². The number of amides is 1. The topological polar surface area (TPSA) is 149 Å². The maximum absolute atomic E-state index is 13.1. The Bertz CT molecular complexity index is 1220. The first-order chi connectivity index (χ1) is 39.3. The third-order valence-corrected chi connectivity index (χ3v) is 18.0. The number of carbonyl (C=O) groups excluding carboxylic acids is 1. The summed E-state index contributed by atoms with van der Waals surface area (Å²) in [5.74, 6) is -0.134. The number of carbonyl (C=O) groups is 1. The zero-order valence-electron chi connectivity index (χ0n) is 53.6. The molecule has 0 spiro atoms. The van der Waals surface area contributed by atoms with Crippen molar-refractivity contribution >= 4 is 5.91 Å². The Morgan fingerprint density at radius 3 is 0.887 bits per heavy atom. The van der Waals surface area contributed by atoms with Gasteiger partial charge in [-0.3, -0.25) is 4.79 Å². The number of ether oxygens (including phenoxy) is 2. The molecule has 0 bridgehead atoms. The van der Waals surface area contributed by atoms with Crippen molar-refractivity contribution in [2.24, 2.45) is 0 Å². The van der Waals surface area contributed by atoms with Crippen LogP contribution in [0.2, 0.25) is 0 Å². The highest BCUT2D eigenvalue weighted by Gasteiger charge is 2.44. The smallest absolute Gasteiger partial charge is 0.220 e. The van der Waals surface area contributed by atoms with Crippen LogP contribution in [0.1, 0.15) is 393 Å². The molecule has 0 aliphatic carbocycles. The molecule has 0 aromatic carbocycles. The average molecular weight is 1140 g/mol. The fraction of sp³-hybridized carbons (Fsp3) is 0.986. The summed E-state index contributed by atoms with van der Waals surface area (Å²) in [7, 11) is 0.